The Balaban J connectivity index is 1.69. The van der Waals surface area contributed by atoms with Crippen LogP contribution in [0.4, 0.5) is 0 Å². The zero-order valence-corrected chi connectivity index (χ0v) is 16.8. The molecule has 1 saturated heterocycles. The van der Waals surface area contributed by atoms with E-state index < -0.39 is 46.0 Å². The normalized spacial score (nSPS) is 23.1. The van der Waals surface area contributed by atoms with E-state index in [0.717, 1.165) is 16.7 Å². The second kappa shape index (κ2) is 8.74. The van der Waals surface area contributed by atoms with Crippen LogP contribution in [0, 0.1) is 0 Å². The van der Waals surface area contributed by atoms with E-state index in [1.165, 1.54) is 11.8 Å². The molecule has 0 aliphatic carbocycles. The third kappa shape index (κ3) is 4.48. The molecule has 0 saturated carbocycles. The van der Waals surface area contributed by atoms with Crippen molar-refractivity contribution in [3.05, 3.63) is 35.8 Å². The van der Waals surface area contributed by atoms with Crippen molar-refractivity contribution in [3.8, 4) is 0 Å². The maximum atomic E-state index is 12.6. The standard InChI is InChI=1S/C17H17N3O7S2/c1-9(21)27-6-10-8-29(26)16-13(15(23)20(16)14(10)17(24)25)19-12(22)7-28-11-2-4-18-5-3-11/h2-5,13,16H,6-8H2,1H3,(H,19,22)(H,24,25)/t13-,16-,29?/m1/s1. The van der Waals surface area contributed by atoms with Gasteiger partial charge >= 0.3 is 11.9 Å². The molecule has 1 fully saturated rings. The zero-order valence-electron chi connectivity index (χ0n) is 15.2. The van der Waals surface area contributed by atoms with E-state index in [1.807, 2.05) is 0 Å². The predicted molar refractivity (Wildman–Crippen MR) is 102 cm³/mol. The summed E-state index contributed by atoms with van der Waals surface area (Å²) in [6.45, 7) is 0.798. The van der Waals surface area contributed by atoms with E-state index in [1.54, 1.807) is 24.5 Å². The van der Waals surface area contributed by atoms with Crippen LogP contribution >= 0.6 is 11.8 Å². The Kier molecular flexibility index (Phi) is 6.33. The Hall–Kier alpha value is -2.73. The summed E-state index contributed by atoms with van der Waals surface area (Å²) in [6.07, 6.45) is 3.18. The average molecular weight is 439 g/mol. The molecular formula is C17H17N3O7S2. The van der Waals surface area contributed by atoms with Crippen LogP contribution in [-0.2, 0) is 34.7 Å². The van der Waals surface area contributed by atoms with Gasteiger partial charge in [0.1, 0.15) is 23.7 Å². The number of hydrogen-bond donors (Lipinski definition) is 2. The summed E-state index contributed by atoms with van der Waals surface area (Å²) in [7, 11) is -1.65. The zero-order chi connectivity index (χ0) is 21.1. The van der Waals surface area contributed by atoms with Gasteiger partial charge in [0.25, 0.3) is 5.91 Å². The van der Waals surface area contributed by atoms with Crippen LogP contribution in [0.1, 0.15) is 6.92 Å². The van der Waals surface area contributed by atoms with E-state index in [2.05, 4.69) is 10.3 Å². The molecule has 12 heteroatoms. The lowest BCUT2D eigenvalue weighted by Crippen LogP contribution is -2.73. The van der Waals surface area contributed by atoms with Gasteiger partial charge in [-0.2, -0.15) is 0 Å². The summed E-state index contributed by atoms with van der Waals surface area (Å²) in [5.74, 6) is -3.24. The van der Waals surface area contributed by atoms with E-state index in [4.69, 9.17) is 4.74 Å². The third-order valence-electron chi connectivity index (χ3n) is 4.19. The Morgan fingerprint density at radius 3 is 2.69 bits per heavy atom. The molecule has 3 atom stereocenters. The van der Waals surface area contributed by atoms with Gasteiger partial charge in [0.05, 0.1) is 22.3 Å². The summed E-state index contributed by atoms with van der Waals surface area (Å²) in [5, 5.41) is 11.1. The lowest BCUT2D eigenvalue weighted by atomic mass is 10.0. The number of aliphatic carboxylic acids is 1. The van der Waals surface area contributed by atoms with E-state index in [-0.39, 0.29) is 29.4 Å². The summed E-state index contributed by atoms with van der Waals surface area (Å²) < 4.78 is 17.4. The highest BCUT2D eigenvalue weighted by Crippen LogP contribution is 2.35. The van der Waals surface area contributed by atoms with Crippen molar-refractivity contribution in [3.63, 3.8) is 0 Å². The number of carboxylic acid groups (broad SMARTS) is 1. The number of amides is 2. The van der Waals surface area contributed by atoms with Crippen LogP contribution in [0.3, 0.4) is 0 Å². The van der Waals surface area contributed by atoms with Gasteiger partial charge in [-0.25, -0.2) is 4.79 Å². The van der Waals surface area contributed by atoms with Gasteiger partial charge in [0.2, 0.25) is 5.91 Å². The molecular weight excluding hydrogens is 422 g/mol. The number of hydrogen-bond acceptors (Lipinski definition) is 8. The van der Waals surface area contributed by atoms with Crippen LogP contribution in [0.2, 0.25) is 0 Å². The van der Waals surface area contributed by atoms with Crippen LogP contribution in [0.5, 0.6) is 0 Å². The van der Waals surface area contributed by atoms with Gasteiger partial charge in [-0.1, -0.05) is 0 Å². The molecule has 0 bridgehead atoms. The molecule has 3 rings (SSSR count). The minimum absolute atomic E-state index is 0.0342. The molecule has 0 radical (unpaired) electrons. The van der Waals surface area contributed by atoms with Crippen molar-refractivity contribution in [2.75, 3.05) is 18.1 Å². The number of carbonyl (C=O) groups excluding carboxylic acids is 3. The number of pyridine rings is 1. The number of thioether (sulfide) groups is 1. The van der Waals surface area contributed by atoms with Gasteiger partial charge in [0, 0.05) is 29.8 Å². The average Bonchev–Trinajstić information content (AvgIpc) is 2.68. The van der Waals surface area contributed by atoms with Crippen LogP contribution < -0.4 is 5.32 Å². The number of rotatable bonds is 7. The van der Waals surface area contributed by atoms with Crippen molar-refractivity contribution in [2.45, 2.75) is 23.2 Å². The van der Waals surface area contributed by atoms with Crippen LogP contribution in [0.25, 0.3) is 0 Å². The quantitative estimate of drug-likeness (QED) is 0.326. The lowest BCUT2D eigenvalue weighted by molar-refractivity contribution is -0.151. The molecule has 0 aromatic carbocycles. The fraction of sp³-hybridized carbons (Fsp3) is 0.353. The Bertz CT molecular complexity index is 919. The number of β-lactam (4-membered cyclic amide) rings is 1. The maximum absolute atomic E-state index is 12.6. The molecule has 2 aliphatic heterocycles. The molecule has 154 valence electrons. The minimum Gasteiger partial charge on any atom is -0.477 e. The molecule has 1 unspecified atom stereocenters. The Morgan fingerprint density at radius 1 is 1.38 bits per heavy atom. The monoisotopic (exact) mass is 439 g/mol. The first-order valence-corrected chi connectivity index (χ1v) is 10.8. The van der Waals surface area contributed by atoms with Crippen molar-refractivity contribution >= 4 is 46.3 Å². The number of nitrogens with zero attached hydrogens (tertiary/aromatic N) is 2. The second-order valence-corrected chi connectivity index (χ2v) is 8.76. The van der Waals surface area contributed by atoms with E-state index >= 15 is 0 Å². The molecule has 10 nitrogen and oxygen atoms in total. The number of aromatic nitrogens is 1. The van der Waals surface area contributed by atoms with Crippen molar-refractivity contribution < 1.29 is 33.2 Å². The largest absolute Gasteiger partial charge is 0.477 e. The third-order valence-corrected chi connectivity index (χ3v) is 6.86. The minimum atomic E-state index is -1.65. The summed E-state index contributed by atoms with van der Waals surface area (Å²) in [6, 6.07) is 2.41. The molecule has 1 aromatic rings. The Labute approximate surface area is 172 Å². The van der Waals surface area contributed by atoms with Gasteiger partial charge in [0.15, 0.2) is 0 Å². The number of nitrogens with one attached hydrogen (secondary N) is 1. The highest BCUT2D eigenvalue weighted by atomic mass is 32.2. The van der Waals surface area contributed by atoms with Gasteiger partial charge in [-0.05, 0) is 12.1 Å². The highest BCUT2D eigenvalue weighted by Gasteiger charge is 2.57. The Morgan fingerprint density at radius 2 is 2.07 bits per heavy atom. The molecule has 0 spiro atoms. The van der Waals surface area contributed by atoms with Crippen molar-refractivity contribution in [2.24, 2.45) is 0 Å². The first kappa shape index (κ1) is 21.0. The summed E-state index contributed by atoms with van der Waals surface area (Å²) >= 11 is 1.25. The van der Waals surface area contributed by atoms with Gasteiger partial charge in [-0.3, -0.25) is 28.5 Å². The van der Waals surface area contributed by atoms with Crippen LogP contribution in [0.15, 0.2) is 40.7 Å². The second-order valence-electron chi connectivity index (χ2n) is 6.18. The van der Waals surface area contributed by atoms with Gasteiger partial charge < -0.3 is 15.2 Å². The number of fused-ring (bicyclic) bond motifs is 1. The fourth-order valence-electron chi connectivity index (χ4n) is 2.95. The molecule has 2 N–H and O–H groups in total. The molecule has 2 amide bonds. The fourth-order valence-corrected chi connectivity index (χ4v) is 5.31. The maximum Gasteiger partial charge on any atom is 0.352 e. The summed E-state index contributed by atoms with van der Waals surface area (Å²) in [5.41, 5.74) is -0.258. The van der Waals surface area contributed by atoms with Crippen LogP contribution in [-0.4, -0.2) is 72.5 Å². The topological polar surface area (TPSA) is 143 Å². The summed E-state index contributed by atoms with van der Waals surface area (Å²) in [4.78, 5) is 53.0. The lowest BCUT2D eigenvalue weighted by Gasteiger charge is -2.48. The molecule has 1 aromatic heterocycles. The number of ether oxygens (including phenoxy) is 1. The van der Waals surface area contributed by atoms with Crippen molar-refractivity contribution in [1.29, 1.82) is 0 Å². The van der Waals surface area contributed by atoms with E-state index in [9.17, 15) is 28.5 Å². The SMILES string of the molecule is CC(=O)OCC1=C(C(=O)O)N2C(=O)[C@@H](NC(=O)CSc3ccncc3)[C@H]2S(=O)C1. The predicted octanol–water partition coefficient (Wildman–Crippen LogP) is -0.509. The number of carbonyl (C=O) groups is 4. The molecule has 3 heterocycles. The molecule has 2 aliphatic rings. The first-order valence-electron chi connectivity index (χ1n) is 8.40. The highest BCUT2D eigenvalue weighted by molar-refractivity contribution is 8.00. The van der Waals surface area contributed by atoms with Crippen molar-refractivity contribution in [1.82, 2.24) is 15.2 Å². The number of esters is 1. The smallest absolute Gasteiger partial charge is 0.352 e. The van der Waals surface area contributed by atoms with Gasteiger partial charge in [-0.15, -0.1) is 11.8 Å². The molecule has 29 heavy (non-hydrogen) atoms. The van der Waals surface area contributed by atoms with E-state index in [0.29, 0.717) is 0 Å². The first-order chi connectivity index (χ1) is 13.8. The number of carboxylic acids is 1.